The van der Waals surface area contributed by atoms with Gasteiger partial charge in [-0.1, -0.05) is 25.1 Å². The van der Waals surface area contributed by atoms with Gasteiger partial charge in [0.25, 0.3) is 11.5 Å². The Morgan fingerprint density at radius 3 is 2.75 bits per heavy atom. The van der Waals surface area contributed by atoms with Gasteiger partial charge in [-0.25, -0.2) is 4.98 Å². The van der Waals surface area contributed by atoms with Crippen molar-refractivity contribution in [2.45, 2.75) is 26.4 Å². The van der Waals surface area contributed by atoms with Crippen molar-refractivity contribution in [3.8, 4) is 0 Å². The van der Waals surface area contributed by atoms with Crippen LogP contribution in [0.3, 0.4) is 0 Å². The molecule has 0 aliphatic rings. The molecule has 3 aromatic heterocycles. The molecule has 7 heteroatoms. The van der Waals surface area contributed by atoms with Crippen molar-refractivity contribution in [3.63, 3.8) is 0 Å². The Hall–Kier alpha value is -3.61. The van der Waals surface area contributed by atoms with Gasteiger partial charge in [0.05, 0.1) is 17.6 Å². The summed E-state index contributed by atoms with van der Waals surface area (Å²) in [6.45, 7) is 3.09. The standard InChI is InChI=1S/C21H20N4O3/c1-2-12-25-17-8-4-3-7-16(17)22-21(25)23-20(27)18-11-10-15(28-18)14-24-13-6-5-9-19(24)26/h3-11,13H,2,12,14H2,1H3,(H,22,23,27). The number of para-hydroxylation sites is 2. The molecule has 0 spiro atoms. The first kappa shape index (κ1) is 17.8. The highest BCUT2D eigenvalue weighted by molar-refractivity contribution is 6.02. The van der Waals surface area contributed by atoms with Gasteiger partial charge in [0.15, 0.2) is 5.76 Å². The van der Waals surface area contributed by atoms with Gasteiger partial charge in [-0.3, -0.25) is 14.9 Å². The SMILES string of the molecule is CCCn1c(NC(=O)c2ccc(Cn3ccccc3=O)o2)nc2ccccc21. The van der Waals surface area contributed by atoms with E-state index in [1.165, 1.54) is 10.6 Å². The van der Waals surface area contributed by atoms with Gasteiger partial charge in [-0.2, -0.15) is 0 Å². The third-order valence-corrected chi connectivity index (χ3v) is 4.44. The number of imidazole rings is 1. The van der Waals surface area contributed by atoms with Crippen LogP contribution in [-0.4, -0.2) is 20.0 Å². The van der Waals surface area contributed by atoms with Crippen molar-refractivity contribution in [2.75, 3.05) is 5.32 Å². The van der Waals surface area contributed by atoms with E-state index < -0.39 is 0 Å². The number of pyridine rings is 1. The number of aryl methyl sites for hydroxylation is 1. The van der Waals surface area contributed by atoms with Crippen molar-refractivity contribution in [1.82, 2.24) is 14.1 Å². The first-order valence-electron chi connectivity index (χ1n) is 9.16. The van der Waals surface area contributed by atoms with E-state index in [1.807, 2.05) is 28.8 Å². The van der Waals surface area contributed by atoms with Crippen LogP contribution in [0.1, 0.15) is 29.7 Å². The van der Waals surface area contributed by atoms with Gasteiger partial charge in [0, 0.05) is 18.8 Å². The van der Waals surface area contributed by atoms with Crippen molar-refractivity contribution in [3.05, 3.63) is 82.7 Å². The van der Waals surface area contributed by atoms with Gasteiger partial charge < -0.3 is 13.6 Å². The first-order chi connectivity index (χ1) is 13.7. The van der Waals surface area contributed by atoms with E-state index in [0.29, 0.717) is 11.7 Å². The van der Waals surface area contributed by atoms with Crippen LogP contribution in [0.15, 0.2) is 70.0 Å². The molecule has 0 aliphatic carbocycles. The Balaban J connectivity index is 1.56. The van der Waals surface area contributed by atoms with Crippen LogP contribution >= 0.6 is 0 Å². The van der Waals surface area contributed by atoms with Crippen LogP contribution in [-0.2, 0) is 13.1 Å². The molecule has 28 heavy (non-hydrogen) atoms. The van der Waals surface area contributed by atoms with Crippen molar-refractivity contribution in [1.29, 1.82) is 0 Å². The van der Waals surface area contributed by atoms with Crippen LogP contribution in [0.2, 0.25) is 0 Å². The summed E-state index contributed by atoms with van der Waals surface area (Å²) in [4.78, 5) is 29.0. The molecule has 3 heterocycles. The number of anilines is 1. The van der Waals surface area contributed by atoms with Gasteiger partial charge in [-0.15, -0.1) is 0 Å². The maximum atomic E-state index is 12.7. The van der Waals surface area contributed by atoms with Crippen LogP contribution in [0.4, 0.5) is 5.95 Å². The maximum absolute atomic E-state index is 12.7. The number of nitrogens with zero attached hydrogens (tertiary/aromatic N) is 3. The van der Waals surface area contributed by atoms with Gasteiger partial charge in [0.2, 0.25) is 5.95 Å². The Morgan fingerprint density at radius 2 is 1.93 bits per heavy atom. The van der Waals surface area contributed by atoms with Gasteiger partial charge >= 0.3 is 0 Å². The fraction of sp³-hybridized carbons (Fsp3) is 0.190. The molecule has 7 nitrogen and oxygen atoms in total. The third-order valence-electron chi connectivity index (χ3n) is 4.44. The zero-order chi connectivity index (χ0) is 19.5. The number of carbonyl (C=O) groups excluding carboxylic acids is 1. The molecule has 142 valence electrons. The minimum absolute atomic E-state index is 0.127. The highest BCUT2D eigenvalue weighted by Crippen LogP contribution is 2.21. The predicted molar refractivity (Wildman–Crippen MR) is 106 cm³/mol. The third kappa shape index (κ3) is 3.46. The maximum Gasteiger partial charge on any atom is 0.293 e. The number of rotatable bonds is 6. The molecule has 0 radical (unpaired) electrons. The Bertz CT molecular complexity index is 1190. The molecule has 0 fully saturated rings. The van der Waals surface area contributed by atoms with Crippen molar-refractivity contribution in [2.24, 2.45) is 0 Å². The van der Waals surface area contributed by atoms with Crippen molar-refractivity contribution >= 4 is 22.9 Å². The normalized spacial score (nSPS) is 11.0. The number of carbonyl (C=O) groups is 1. The number of fused-ring (bicyclic) bond motifs is 1. The molecule has 1 N–H and O–H groups in total. The zero-order valence-electron chi connectivity index (χ0n) is 15.5. The lowest BCUT2D eigenvalue weighted by Crippen LogP contribution is -2.18. The predicted octanol–water partition coefficient (Wildman–Crippen LogP) is 3.50. The topological polar surface area (TPSA) is 82.1 Å². The second kappa shape index (κ2) is 7.56. The quantitative estimate of drug-likeness (QED) is 0.558. The Kier molecular flexibility index (Phi) is 4.80. The first-order valence-corrected chi connectivity index (χ1v) is 9.16. The fourth-order valence-corrected chi connectivity index (χ4v) is 3.13. The number of aromatic nitrogens is 3. The van der Waals surface area contributed by atoms with E-state index in [-0.39, 0.29) is 23.8 Å². The highest BCUT2D eigenvalue weighted by atomic mass is 16.4. The molecule has 0 saturated heterocycles. The Morgan fingerprint density at radius 1 is 1.11 bits per heavy atom. The summed E-state index contributed by atoms with van der Waals surface area (Å²) in [5, 5.41) is 2.84. The zero-order valence-corrected chi connectivity index (χ0v) is 15.5. The number of furan rings is 1. The average Bonchev–Trinajstić information content (AvgIpc) is 3.29. The van der Waals surface area contributed by atoms with E-state index in [0.717, 1.165) is 24.0 Å². The molecule has 4 rings (SSSR count). The summed E-state index contributed by atoms with van der Waals surface area (Å²) in [5.41, 5.74) is 1.68. The van der Waals surface area contributed by atoms with E-state index in [1.54, 1.807) is 30.5 Å². The second-order valence-electron chi connectivity index (χ2n) is 6.46. The molecular formula is C21H20N4O3. The van der Waals surface area contributed by atoms with Crippen LogP contribution in [0, 0.1) is 0 Å². The minimum atomic E-state index is -0.376. The number of amides is 1. The lowest BCUT2D eigenvalue weighted by molar-refractivity contribution is 0.0993. The summed E-state index contributed by atoms with van der Waals surface area (Å²) < 4.78 is 9.14. The van der Waals surface area contributed by atoms with Gasteiger partial charge in [0.1, 0.15) is 5.76 Å². The minimum Gasteiger partial charge on any atom is -0.454 e. The molecule has 4 aromatic rings. The van der Waals surface area contributed by atoms with E-state index in [4.69, 9.17) is 4.42 Å². The average molecular weight is 376 g/mol. The number of hydrogen-bond acceptors (Lipinski definition) is 4. The molecular weight excluding hydrogens is 356 g/mol. The molecule has 0 aliphatic heterocycles. The summed E-state index contributed by atoms with van der Waals surface area (Å²) in [5.74, 6) is 0.819. The fourth-order valence-electron chi connectivity index (χ4n) is 3.13. The molecule has 1 amide bonds. The second-order valence-corrected chi connectivity index (χ2v) is 6.46. The summed E-state index contributed by atoms with van der Waals surface area (Å²) in [6, 6.07) is 16.0. The van der Waals surface area contributed by atoms with E-state index in [2.05, 4.69) is 17.2 Å². The lowest BCUT2D eigenvalue weighted by Gasteiger charge is -2.08. The summed E-state index contributed by atoms with van der Waals surface area (Å²) >= 11 is 0. The summed E-state index contributed by atoms with van der Waals surface area (Å²) in [7, 11) is 0. The number of benzene rings is 1. The number of hydrogen-bond donors (Lipinski definition) is 1. The highest BCUT2D eigenvalue weighted by Gasteiger charge is 2.16. The monoisotopic (exact) mass is 376 g/mol. The largest absolute Gasteiger partial charge is 0.454 e. The van der Waals surface area contributed by atoms with E-state index >= 15 is 0 Å². The van der Waals surface area contributed by atoms with Crippen molar-refractivity contribution < 1.29 is 9.21 Å². The molecule has 0 unspecified atom stereocenters. The lowest BCUT2D eigenvalue weighted by atomic mass is 10.3. The molecule has 0 atom stereocenters. The molecule has 1 aromatic carbocycles. The number of nitrogens with one attached hydrogen (secondary N) is 1. The van der Waals surface area contributed by atoms with Crippen LogP contribution in [0.5, 0.6) is 0 Å². The van der Waals surface area contributed by atoms with Crippen LogP contribution in [0.25, 0.3) is 11.0 Å². The Labute approximate surface area is 161 Å². The summed E-state index contributed by atoms with van der Waals surface area (Å²) in [6.07, 6.45) is 2.59. The smallest absolute Gasteiger partial charge is 0.293 e. The molecule has 0 bridgehead atoms. The van der Waals surface area contributed by atoms with E-state index in [9.17, 15) is 9.59 Å². The van der Waals surface area contributed by atoms with Gasteiger partial charge in [-0.05, 0) is 36.8 Å². The van der Waals surface area contributed by atoms with Crippen LogP contribution < -0.4 is 10.9 Å². The molecule has 0 saturated carbocycles.